The third kappa shape index (κ3) is 7.15. The Morgan fingerprint density at radius 3 is 2.16 bits per heavy atom. The van der Waals surface area contributed by atoms with Crippen molar-refractivity contribution in [2.75, 3.05) is 19.6 Å². The SMILES string of the molecule is CCC(C)NC(=O)CCNC(C)C(=O)N(CC)CC. The fourth-order valence-corrected chi connectivity index (χ4v) is 1.75. The van der Waals surface area contributed by atoms with Crippen molar-refractivity contribution in [3.05, 3.63) is 0 Å². The molecule has 19 heavy (non-hydrogen) atoms. The minimum Gasteiger partial charge on any atom is -0.354 e. The number of rotatable bonds is 9. The molecular weight excluding hydrogens is 242 g/mol. The van der Waals surface area contributed by atoms with E-state index in [2.05, 4.69) is 10.6 Å². The van der Waals surface area contributed by atoms with Crippen molar-refractivity contribution in [1.82, 2.24) is 15.5 Å². The number of likely N-dealkylation sites (N-methyl/N-ethyl adjacent to an activating group) is 1. The van der Waals surface area contributed by atoms with E-state index in [1.807, 2.05) is 34.6 Å². The minimum absolute atomic E-state index is 0.0318. The van der Waals surface area contributed by atoms with Gasteiger partial charge in [0.2, 0.25) is 11.8 Å². The summed E-state index contributed by atoms with van der Waals surface area (Å²) in [4.78, 5) is 25.3. The Morgan fingerprint density at radius 1 is 1.11 bits per heavy atom. The Kier molecular flexibility index (Phi) is 9.21. The predicted octanol–water partition coefficient (Wildman–Crippen LogP) is 1.14. The van der Waals surface area contributed by atoms with Gasteiger partial charge >= 0.3 is 0 Å². The van der Waals surface area contributed by atoms with Gasteiger partial charge in [-0.3, -0.25) is 9.59 Å². The number of carbonyl (C=O) groups is 2. The highest BCUT2D eigenvalue weighted by atomic mass is 16.2. The molecule has 0 aromatic rings. The van der Waals surface area contributed by atoms with Crippen molar-refractivity contribution in [3.8, 4) is 0 Å². The van der Waals surface area contributed by atoms with E-state index in [9.17, 15) is 9.59 Å². The van der Waals surface area contributed by atoms with Gasteiger partial charge in [0.25, 0.3) is 0 Å². The lowest BCUT2D eigenvalue weighted by atomic mass is 10.2. The van der Waals surface area contributed by atoms with E-state index in [-0.39, 0.29) is 23.9 Å². The Bertz CT molecular complexity index is 278. The van der Waals surface area contributed by atoms with Gasteiger partial charge in [0.1, 0.15) is 0 Å². The summed E-state index contributed by atoms with van der Waals surface area (Å²) in [6.07, 6.45) is 1.33. The number of nitrogens with one attached hydrogen (secondary N) is 2. The zero-order chi connectivity index (χ0) is 14.8. The molecule has 0 aliphatic rings. The number of carbonyl (C=O) groups excluding carboxylic acids is 2. The van der Waals surface area contributed by atoms with Crippen LogP contribution in [-0.2, 0) is 9.59 Å². The first kappa shape index (κ1) is 17.9. The van der Waals surface area contributed by atoms with E-state index >= 15 is 0 Å². The first-order valence-corrected chi connectivity index (χ1v) is 7.27. The van der Waals surface area contributed by atoms with Crippen LogP contribution in [0.4, 0.5) is 0 Å². The van der Waals surface area contributed by atoms with Crippen LogP contribution in [0.1, 0.15) is 47.5 Å². The second-order valence-corrected chi connectivity index (χ2v) is 4.81. The van der Waals surface area contributed by atoms with Crippen LogP contribution in [0.2, 0.25) is 0 Å². The van der Waals surface area contributed by atoms with Gasteiger partial charge in [-0.05, 0) is 34.1 Å². The number of hydrogen-bond acceptors (Lipinski definition) is 3. The molecule has 0 aromatic heterocycles. The molecule has 0 fully saturated rings. The van der Waals surface area contributed by atoms with Crippen molar-refractivity contribution in [2.24, 2.45) is 0 Å². The average Bonchev–Trinajstić information content (AvgIpc) is 2.39. The highest BCUT2D eigenvalue weighted by molar-refractivity contribution is 5.81. The molecule has 0 saturated heterocycles. The van der Waals surface area contributed by atoms with Gasteiger partial charge in [0, 0.05) is 32.1 Å². The van der Waals surface area contributed by atoms with Gasteiger partial charge in [-0.25, -0.2) is 0 Å². The van der Waals surface area contributed by atoms with Crippen LogP contribution in [0, 0.1) is 0 Å². The molecule has 5 heteroatoms. The molecule has 0 saturated carbocycles. The van der Waals surface area contributed by atoms with E-state index in [0.29, 0.717) is 13.0 Å². The van der Waals surface area contributed by atoms with E-state index in [0.717, 1.165) is 19.5 Å². The van der Waals surface area contributed by atoms with Crippen LogP contribution in [0.5, 0.6) is 0 Å². The maximum Gasteiger partial charge on any atom is 0.239 e. The largest absolute Gasteiger partial charge is 0.354 e. The first-order valence-electron chi connectivity index (χ1n) is 7.27. The molecule has 2 N–H and O–H groups in total. The lowest BCUT2D eigenvalue weighted by Gasteiger charge is -2.23. The van der Waals surface area contributed by atoms with Crippen LogP contribution >= 0.6 is 0 Å². The lowest BCUT2D eigenvalue weighted by molar-refractivity contribution is -0.133. The molecule has 2 amide bonds. The smallest absolute Gasteiger partial charge is 0.239 e. The quantitative estimate of drug-likeness (QED) is 0.661. The van der Waals surface area contributed by atoms with Gasteiger partial charge in [0.05, 0.1) is 6.04 Å². The molecule has 0 bridgehead atoms. The van der Waals surface area contributed by atoms with Crippen molar-refractivity contribution in [3.63, 3.8) is 0 Å². The molecule has 0 radical (unpaired) electrons. The summed E-state index contributed by atoms with van der Waals surface area (Å²) in [6.45, 7) is 11.8. The Hall–Kier alpha value is -1.10. The topological polar surface area (TPSA) is 61.4 Å². The standard InChI is InChI=1S/C14H29N3O2/c1-6-11(4)16-13(18)9-10-15-12(5)14(19)17(7-2)8-3/h11-12,15H,6-10H2,1-5H3,(H,16,18). The third-order valence-corrected chi connectivity index (χ3v) is 3.27. The summed E-state index contributed by atoms with van der Waals surface area (Å²) >= 11 is 0. The molecule has 0 aliphatic carbocycles. The highest BCUT2D eigenvalue weighted by Gasteiger charge is 2.17. The molecule has 0 spiro atoms. The predicted molar refractivity (Wildman–Crippen MR) is 77.9 cm³/mol. The van der Waals surface area contributed by atoms with Gasteiger partial charge in [-0.1, -0.05) is 6.92 Å². The Morgan fingerprint density at radius 2 is 1.68 bits per heavy atom. The third-order valence-electron chi connectivity index (χ3n) is 3.27. The molecule has 0 aliphatic heterocycles. The van der Waals surface area contributed by atoms with Crippen LogP contribution in [0.15, 0.2) is 0 Å². The van der Waals surface area contributed by atoms with E-state index in [1.165, 1.54) is 0 Å². The van der Waals surface area contributed by atoms with Crippen molar-refractivity contribution in [2.45, 2.75) is 59.5 Å². The van der Waals surface area contributed by atoms with Gasteiger partial charge in [-0.15, -0.1) is 0 Å². The zero-order valence-electron chi connectivity index (χ0n) is 13.0. The maximum atomic E-state index is 12.0. The molecular formula is C14H29N3O2. The van der Waals surface area contributed by atoms with Crippen LogP contribution in [0.3, 0.4) is 0 Å². The fraction of sp³-hybridized carbons (Fsp3) is 0.857. The van der Waals surface area contributed by atoms with Crippen LogP contribution < -0.4 is 10.6 Å². The van der Waals surface area contributed by atoms with Crippen molar-refractivity contribution in [1.29, 1.82) is 0 Å². The highest BCUT2D eigenvalue weighted by Crippen LogP contribution is 1.95. The lowest BCUT2D eigenvalue weighted by Crippen LogP contribution is -2.45. The van der Waals surface area contributed by atoms with Crippen molar-refractivity contribution < 1.29 is 9.59 Å². The molecule has 0 heterocycles. The Balaban J connectivity index is 3.94. The van der Waals surface area contributed by atoms with Gasteiger partial charge in [-0.2, -0.15) is 0 Å². The van der Waals surface area contributed by atoms with Crippen LogP contribution in [-0.4, -0.2) is 48.4 Å². The monoisotopic (exact) mass is 271 g/mol. The molecule has 0 rings (SSSR count). The summed E-state index contributed by atoms with van der Waals surface area (Å²) in [7, 11) is 0. The summed E-state index contributed by atoms with van der Waals surface area (Å²) in [5.74, 6) is 0.122. The van der Waals surface area contributed by atoms with Crippen molar-refractivity contribution >= 4 is 11.8 Å². The summed E-state index contributed by atoms with van der Waals surface area (Å²) in [5.41, 5.74) is 0. The summed E-state index contributed by atoms with van der Waals surface area (Å²) in [6, 6.07) is -0.0291. The van der Waals surface area contributed by atoms with E-state index in [1.54, 1.807) is 4.90 Å². The van der Waals surface area contributed by atoms with Gasteiger partial charge < -0.3 is 15.5 Å². The summed E-state index contributed by atoms with van der Waals surface area (Å²) in [5, 5.41) is 6.00. The minimum atomic E-state index is -0.240. The second-order valence-electron chi connectivity index (χ2n) is 4.81. The molecule has 5 nitrogen and oxygen atoms in total. The number of nitrogens with zero attached hydrogens (tertiary/aromatic N) is 1. The average molecular weight is 271 g/mol. The molecule has 112 valence electrons. The molecule has 2 atom stereocenters. The molecule has 0 aromatic carbocycles. The Labute approximate surface area is 117 Å². The van der Waals surface area contributed by atoms with Crippen LogP contribution in [0.25, 0.3) is 0 Å². The van der Waals surface area contributed by atoms with E-state index in [4.69, 9.17) is 0 Å². The first-order chi connectivity index (χ1) is 8.96. The summed E-state index contributed by atoms with van der Waals surface area (Å²) < 4.78 is 0. The van der Waals surface area contributed by atoms with Gasteiger partial charge in [0.15, 0.2) is 0 Å². The fourth-order valence-electron chi connectivity index (χ4n) is 1.75. The molecule has 2 unspecified atom stereocenters. The number of amides is 2. The second kappa shape index (κ2) is 9.78. The number of hydrogen-bond donors (Lipinski definition) is 2. The maximum absolute atomic E-state index is 12.0. The normalized spacial score (nSPS) is 13.7. The van der Waals surface area contributed by atoms with E-state index < -0.39 is 0 Å². The zero-order valence-corrected chi connectivity index (χ0v) is 13.0.